The van der Waals surface area contributed by atoms with Gasteiger partial charge in [0.1, 0.15) is 0 Å². The maximum atomic E-state index is 12.7. The van der Waals surface area contributed by atoms with Crippen LogP contribution in [0, 0.1) is 0 Å². The number of hydrogen-bond donors (Lipinski definition) is 1. The maximum Gasteiger partial charge on any atom is 0.255 e. The molecule has 1 N–H and O–H groups in total. The predicted molar refractivity (Wildman–Crippen MR) is 100 cm³/mol. The molecule has 1 amide bonds. The van der Waals surface area contributed by atoms with Gasteiger partial charge in [-0.2, -0.15) is 0 Å². The van der Waals surface area contributed by atoms with Crippen molar-refractivity contribution in [1.29, 1.82) is 0 Å². The van der Waals surface area contributed by atoms with E-state index in [-0.39, 0.29) is 17.6 Å². The van der Waals surface area contributed by atoms with Crippen LogP contribution in [0.1, 0.15) is 15.9 Å². The molecule has 5 nitrogen and oxygen atoms in total. The van der Waals surface area contributed by atoms with Gasteiger partial charge in [0.15, 0.2) is 0 Å². The number of fused-ring (bicyclic) bond motifs is 1. The van der Waals surface area contributed by atoms with Crippen molar-refractivity contribution in [2.75, 3.05) is 19.7 Å². The van der Waals surface area contributed by atoms with E-state index in [1.54, 1.807) is 11.0 Å². The fourth-order valence-corrected chi connectivity index (χ4v) is 3.47. The average molecular weight is 348 g/mol. The summed E-state index contributed by atoms with van der Waals surface area (Å²) in [6.45, 7) is 1.62. The van der Waals surface area contributed by atoms with E-state index in [9.17, 15) is 9.59 Å². The topological polar surface area (TPSA) is 62.4 Å². The Hall–Kier alpha value is -2.92. The zero-order valence-electron chi connectivity index (χ0n) is 14.4. The molecule has 132 valence electrons. The number of H-pyrrole nitrogens is 1. The number of nitrogens with zero attached hydrogens (tertiary/aromatic N) is 1. The Labute approximate surface area is 151 Å². The Morgan fingerprint density at radius 2 is 1.96 bits per heavy atom. The first-order chi connectivity index (χ1) is 12.7. The summed E-state index contributed by atoms with van der Waals surface area (Å²) < 4.78 is 5.91. The van der Waals surface area contributed by atoms with Crippen LogP contribution < -0.4 is 5.56 Å². The summed E-state index contributed by atoms with van der Waals surface area (Å²) in [5.41, 5.74) is 1.51. The summed E-state index contributed by atoms with van der Waals surface area (Å²) in [4.78, 5) is 28.2. The summed E-state index contributed by atoms with van der Waals surface area (Å²) in [7, 11) is 0. The number of nitrogens with one attached hydrogen (secondary N) is 1. The minimum atomic E-state index is -0.211. The summed E-state index contributed by atoms with van der Waals surface area (Å²) in [5.74, 6) is -0.0764. The van der Waals surface area contributed by atoms with Gasteiger partial charge < -0.3 is 14.6 Å². The van der Waals surface area contributed by atoms with Crippen molar-refractivity contribution in [2.24, 2.45) is 0 Å². The molecule has 0 radical (unpaired) electrons. The van der Waals surface area contributed by atoms with Crippen LogP contribution in [0.2, 0.25) is 0 Å². The van der Waals surface area contributed by atoms with Crippen LogP contribution in [-0.2, 0) is 11.2 Å². The number of morpholine rings is 1. The van der Waals surface area contributed by atoms with Crippen LogP contribution in [0.25, 0.3) is 10.8 Å². The molecule has 5 heteroatoms. The van der Waals surface area contributed by atoms with Crippen molar-refractivity contribution in [1.82, 2.24) is 9.88 Å². The average Bonchev–Trinajstić information content (AvgIpc) is 2.69. The Balaban J connectivity index is 1.50. The van der Waals surface area contributed by atoms with Crippen LogP contribution in [-0.4, -0.2) is 41.6 Å². The minimum Gasteiger partial charge on any atom is -0.374 e. The molecule has 1 aromatic heterocycles. The number of carbonyl (C=O) groups is 1. The molecular formula is C21H20N2O3. The third-order valence-electron chi connectivity index (χ3n) is 4.78. The summed E-state index contributed by atoms with van der Waals surface area (Å²) >= 11 is 0. The molecule has 0 unspecified atom stereocenters. The number of carbonyl (C=O) groups excluding carboxylic acids is 1. The molecule has 1 aliphatic rings. The van der Waals surface area contributed by atoms with Gasteiger partial charge in [0.2, 0.25) is 5.56 Å². The van der Waals surface area contributed by atoms with E-state index in [1.165, 1.54) is 28.6 Å². The second kappa shape index (κ2) is 7.14. The van der Waals surface area contributed by atoms with E-state index in [0.717, 1.165) is 6.42 Å². The molecule has 0 bridgehead atoms. The fourth-order valence-electron chi connectivity index (χ4n) is 3.47. The normalized spacial score (nSPS) is 17.4. The van der Waals surface area contributed by atoms with Crippen LogP contribution in [0.15, 0.2) is 65.6 Å². The lowest BCUT2D eigenvalue weighted by atomic mass is 9.99. The Morgan fingerprint density at radius 3 is 2.81 bits per heavy atom. The molecule has 26 heavy (non-hydrogen) atoms. The number of aromatic nitrogens is 1. The van der Waals surface area contributed by atoms with Crippen LogP contribution in [0.4, 0.5) is 0 Å². The highest BCUT2D eigenvalue weighted by atomic mass is 16.5. The van der Waals surface area contributed by atoms with Crippen molar-refractivity contribution >= 4 is 16.7 Å². The van der Waals surface area contributed by atoms with Gasteiger partial charge in [0.25, 0.3) is 5.91 Å². The van der Waals surface area contributed by atoms with Crippen molar-refractivity contribution < 1.29 is 9.53 Å². The Morgan fingerprint density at radius 1 is 1.12 bits per heavy atom. The molecule has 1 saturated heterocycles. The van der Waals surface area contributed by atoms with E-state index in [1.807, 2.05) is 12.1 Å². The van der Waals surface area contributed by atoms with Crippen molar-refractivity contribution in [2.45, 2.75) is 12.5 Å². The van der Waals surface area contributed by atoms with E-state index < -0.39 is 0 Å². The lowest BCUT2D eigenvalue weighted by Gasteiger charge is -2.33. The molecule has 2 heterocycles. The predicted octanol–water partition coefficient (Wildman–Crippen LogP) is 2.61. The van der Waals surface area contributed by atoms with Gasteiger partial charge in [-0.05, 0) is 22.4 Å². The highest BCUT2D eigenvalue weighted by molar-refractivity contribution is 5.94. The van der Waals surface area contributed by atoms with Crippen molar-refractivity contribution in [3.63, 3.8) is 0 Å². The number of amides is 1. The first-order valence-corrected chi connectivity index (χ1v) is 8.77. The standard InChI is InChI=1S/C21H20N2O3/c24-20-9-8-17(13-22-20)21(25)23-10-11-26-18(14-23)12-16-6-3-5-15-4-1-2-7-19(15)16/h1-9,13,18H,10-12,14H2,(H,22,24)/t18-/m0/s1. The third kappa shape index (κ3) is 3.39. The number of pyridine rings is 1. The smallest absolute Gasteiger partial charge is 0.255 e. The third-order valence-corrected chi connectivity index (χ3v) is 4.78. The highest BCUT2D eigenvalue weighted by Crippen LogP contribution is 2.22. The minimum absolute atomic E-state index is 0.0405. The zero-order chi connectivity index (χ0) is 17.9. The van der Waals surface area contributed by atoms with Gasteiger partial charge in [0.05, 0.1) is 18.3 Å². The molecule has 1 fully saturated rings. The molecule has 1 aliphatic heterocycles. The number of aromatic amines is 1. The van der Waals surface area contributed by atoms with Crippen LogP contribution in [0.3, 0.4) is 0 Å². The SMILES string of the molecule is O=C(c1ccc(=O)[nH]c1)N1CCO[C@@H](Cc2cccc3ccccc23)C1. The monoisotopic (exact) mass is 348 g/mol. The highest BCUT2D eigenvalue weighted by Gasteiger charge is 2.25. The van der Waals surface area contributed by atoms with Crippen LogP contribution >= 0.6 is 0 Å². The molecule has 2 aromatic carbocycles. The van der Waals surface area contributed by atoms with E-state index >= 15 is 0 Å². The second-order valence-corrected chi connectivity index (χ2v) is 6.53. The zero-order valence-corrected chi connectivity index (χ0v) is 14.4. The molecular weight excluding hydrogens is 328 g/mol. The van der Waals surface area contributed by atoms with Gasteiger partial charge in [-0.25, -0.2) is 0 Å². The number of rotatable bonds is 3. The quantitative estimate of drug-likeness (QED) is 0.791. The molecule has 3 aromatic rings. The fraction of sp³-hybridized carbons (Fsp3) is 0.238. The molecule has 4 rings (SSSR count). The van der Waals surface area contributed by atoms with Gasteiger partial charge in [-0.1, -0.05) is 42.5 Å². The Bertz CT molecular complexity index is 970. The summed E-state index contributed by atoms with van der Waals surface area (Å²) in [5, 5.41) is 2.43. The van der Waals surface area contributed by atoms with Gasteiger partial charge >= 0.3 is 0 Å². The molecule has 0 saturated carbocycles. The first kappa shape index (κ1) is 16.5. The van der Waals surface area contributed by atoms with E-state index in [2.05, 4.69) is 35.3 Å². The lowest BCUT2D eigenvalue weighted by molar-refractivity contribution is -0.0207. The van der Waals surface area contributed by atoms with Crippen molar-refractivity contribution in [3.05, 3.63) is 82.3 Å². The summed E-state index contributed by atoms with van der Waals surface area (Å²) in [6, 6.07) is 17.5. The number of benzene rings is 2. The first-order valence-electron chi connectivity index (χ1n) is 8.77. The number of hydrogen-bond acceptors (Lipinski definition) is 3. The Kier molecular flexibility index (Phi) is 4.54. The molecule has 0 aliphatic carbocycles. The number of ether oxygens (including phenoxy) is 1. The second-order valence-electron chi connectivity index (χ2n) is 6.53. The van der Waals surface area contributed by atoms with E-state index in [0.29, 0.717) is 25.3 Å². The molecule has 1 atom stereocenters. The summed E-state index contributed by atoms with van der Waals surface area (Å²) in [6.07, 6.45) is 2.19. The van der Waals surface area contributed by atoms with Gasteiger partial charge in [-0.15, -0.1) is 0 Å². The van der Waals surface area contributed by atoms with Crippen molar-refractivity contribution in [3.8, 4) is 0 Å². The van der Waals surface area contributed by atoms with E-state index in [4.69, 9.17) is 4.74 Å². The van der Waals surface area contributed by atoms with Crippen LogP contribution in [0.5, 0.6) is 0 Å². The van der Waals surface area contributed by atoms with Gasteiger partial charge in [-0.3, -0.25) is 9.59 Å². The molecule has 0 spiro atoms. The maximum absolute atomic E-state index is 12.7. The largest absolute Gasteiger partial charge is 0.374 e. The van der Waals surface area contributed by atoms with Gasteiger partial charge in [0, 0.05) is 31.8 Å². The lowest BCUT2D eigenvalue weighted by Crippen LogP contribution is -2.46.